The number of nitrogens with zero attached hydrogens (tertiary/aromatic N) is 2. The van der Waals surface area contributed by atoms with Crippen molar-refractivity contribution >= 4 is 35.0 Å². The molecule has 8 heteroatoms. The Kier molecular flexibility index (Phi) is 7.71. The molecule has 36 heavy (non-hydrogen) atoms. The molecule has 1 aromatic heterocycles. The normalized spacial score (nSPS) is 10.8. The summed E-state index contributed by atoms with van der Waals surface area (Å²) >= 11 is 6.44. The second kappa shape index (κ2) is 11.1. The first-order valence-corrected chi connectivity index (χ1v) is 11.8. The first-order chi connectivity index (χ1) is 17.4. The van der Waals surface area contributed by atoms with Crippen molar-refractivity contribution in [1.29, 1.82) is 0 Å². The lowest BCUT2D eigenvalue weighted by Crippen LogP contribution is -2.27. The summed E-state index contributed by atoms with van der Waals surface area (Å²) in [7, 11) is 0. The second-order valence-electron chi connectivity index (χ2n) is 8.13. The molecule has 0 atom stereocenters. The molecule has 0 aliphatic carbocycles. The number of benzene rings is 3. The van der Waals surface area contributed by atoms with E-state index in [-0.39, 0.29) is 13.0 Å². The smallest absolute Gasteiger partial charge is 0.419 e. The van der Waals surface area contributed by atoms with E-state index in [2.05, 4.69) is 5.16 Å². The van der Waals surface area contributed by atoms with Crippen LogP contribution in [0.3, 0.4) is 0 Å². The van der Waals surface area contributed by atoms with Crippen LogP contribution < -0.4 is 4.90 Å². The number of hydrogen-bond acceptors (Lipinski definition) is 5. The molecule has 184 valence electrons. The molecule has 7 nitrogen and oxygen atoms in total. The molecule has 0 radical (unpaired) electrons. The highest BCUT2D eigenvalue weighted by atomic mass is 35.5. The molecular formula is C28H25ClN2O5. The minimum atomic E-state index is -0.864. The highest BCUT2D eigenvalue weighted by Crippen LogP contribution is 2.40. The standard InChI is InChI=1S/C28H25ClN2O5/c1-3-35-28(34)31(24-11-7-6-10-23(24)29)27-18(2)36-30-26(27)20-14-12-19(13-15-20)16-21-8-4-5-9-22(21)17-25(32)33/h4-15H,3,16-17H2,1-2H3,(H,32,33). The highest BCUT2D eigenvalue weighted by molar-refractivity contribution is 6.34. The molecule has 0 bridgehead atoms. The predicted octanol–water partition coefficient (Wildman–Crippen LogP) is 6.82. The lowest BCUT2D eigenvalue weighted by molar-refractivity contribution is -0.136. The molecule has 0 spiro atoms. The predicted molar refractivity (Wildman–Crippen MR) is 138 cm³/mol. The zero-order valence-corrected chi connectivity index (χ0v) is 20.7. The van der Waals surface area contributed by atoms with Gasteiger partial charge in [-0.25, -0.2) is 9.69 Å². The summed E-state index contributed by atoms with van der Waals surface area (Å²) in [6.45, 7) is 3.65. The molecule has 4 rings (SSSR count). The lowest BCUT2D eigenvalue weighted by Gasteiger charge is -2.23. The van der Waals surface area contributed by atoms with E-state index >= 15 is 0 Å². The number of anilines is 2. The summed E-state index contributed by atoms with van der Waals surface area (Å²) in [4.78, 5) is 25.6. The molecule has 0 aliphatic rings. The maximum atomic E-state index is 13.0. The fourth-order valence-corrected chi connectivity index (χ4v) is 4.24. The fourth-order valence-electron chi connectivity index (χ4n) is 4.02. The van der Waals surface area contributed by atoms with Crippen LogP contribution >= 0.6 is 11.6 Å². The number of amides is 1. The Morgan fingerprint density at radius 3 is 2.33 bits per heavy atom. The van der Waals surface area contributed by atoms with Gasteiger partial charge in [-0.1, -0.05) is 77.4 Å². The van der Waals surface area contributed by atoms with E-state index in [1.54, 1.807) is 38.1 Å². The van der Waals surface area contributed by atoms with Crippen LogP contribution in [0.15, 0.2) is 77.3 Å². The van der Waals surface area contributed by atoms with Gasteiger partial charge in [-0.3, -0.25) is 4.79 Å². The molecular weight excluding hydrogens is 480 g/mol. The number of rotatable bonds is 8. The van der Waals surface area contributed by atoms with E-state index in [0.29, 0.717) is 34.3 Å². The van der Waals surface area contributed by atoms with Gasteiger partial charge in [0.25, 0.3) is 0 Å². The number of aromatic nitrogens is 1. The second-order valence-corrected chi connectivity index (χ2v) is 8.54. The number of aryl methyl sites for hydroxylation is 1. The van der Waals surface area contributed by atoms with Gasteiger partial charge in [0.15, 0.2) is 5.76 Å². The van der Waals surface area contributed by atoms with E-state index < -0.39 is 12.1 Å². The van der Waals surface area contributed by atoms with Crippen molar-refractivity contribution in [1.82, 2.24) is 5.16 Å². The van der Waals surface area contributed by atoms with Crippen molar-refractivity contribution in [3.8, 4) is 11.3 Å². The van der Waals surface area contributed by atoms with E-state index in [1.165, 1.54) is 4.90 Å². The van der Waals surface area contributed by atoms with Gasteiger partial charge in [-0.2, -0.15) is 0 Å². The Hall–Kier alpha value is -4.10. The monoisotopic (exact) mass is 504 g/mol. The van der Waals surface area contributed by atoms with Crippen molar-refractivity contribution in [2.45, 2.75) is 26.7 Å². The molecule has 0 aliphatic heterocycles. The van der Waals surface area contributed by atoms with Crippen molar-refractivity contribution < 1.29 is 24.0 Å². The molecule has 1 N–H and O–H groups in total. The highest BCUT2D eigenvalue weighted by Gasteiger charge is 2.29. The van der Waals surface area contributed by atoms with Gasteiger partial charge in [0.05, 0.1) is 23.7 Å². The van der Waals surface area contributed by atoms with Gasteiger partial charge in [-0.05, 0) is 49.1 Å². The van der Waals surface area contributed by atoms with Gasteiger partial charge >= 0.3 is 12.1 Å². The number of carboxylic acids is 1. The molecule has 1 amide bonds. The topological polar surface area (TPSA) is 92.9 Å². The van der Waals surface area contributed by atoms with Gasteiger partial charge in [0, 0.05) is 5.56 Å². The zero-order chi connectivity index (χ0) is 25.7. The van der Waals surface area contributed by atoms with Crippen LogP contribution in [0.1, 0.15) is 29.4 Å². The minimum Gasteiger partial charge on any atom is -0.481 e. The summed E-state index contributed by atoms with van der Waals surface area (Å²) in [5, 5.41) is 13.8. The Balaban J connectivity index is 1.69. The van der Waals surface area contributed by atoms with Crippen molar-refractivity contribution in [2.75, 3.05) is 11.5 Å². The third-order valence-corrected chi connectivity index (χ3v) is 6.00. The van der Waals surface area contributed by atoms with E-state index in [0.717, 1.165) is 22.3 Å². The van der Waals surface area contributed by atoms with Crippen LogP contribution in [0.25, 0.3) is 11.3 Å². The number of para-hydroxylation sites is 1. The molecule has 0 saturated carbocycles. The van der Waals surface area contributed by atoms with Crippen molar-refractivity contribution in [3.05, 3.63) is 100 Å². The van der Waals surface area contributed by atoms with Gasteiger partial charge in [0.2, 0.25) is 0 Å². The molecule has 0 fully saturated rings. The van der Waals surface area contributed by atoms with E-state index in [9.17, 15) is 14.7 Å². The third-order valence-electron chi connectivity index (χ3n) is 5.68. The molecule has 0 unspecified atom stereocenters. The van der Waals surface area contributed by atoms with Gasteiger partial charge < -0.3 is 14.4 Å². The van der Waals surface area contributed by atoms with Crippen molar-refractivity contribution in [3.63, 3.8) is 0 Å². The summed E-state index contributed by atoms with van der Waals surface area (Å²) < 4.78 is 10.8. The van der Waals surface area contributed by atoms with E-state index in [4.69, 9.17) is 20.9 Å². The first-order valence-electron chi connectivity index (χ1n) is 11.4. The molecule has 4 aromatic rings. The molecule has 0 saturated heterocycles. The van der Waals surface area contributed by atoms with Crippen LogP contribution in [0.4, 0.5) is 16.2 Å². The maximum Gasteiger partial charge on any atom is 0.419 e. The number of carbonyl (C=O) groups is 2. The van der Waals surface area contributed by atoms with Crippen LogP contribution in [0, 0.1) is 6.92 Å². The number of carbonyl (C=O) groups excluding carboxylic acids is 1. The summed E-state index contributed by atoms with van der Waals surface area (Å²) in [6, 6.07) is 22.2. The Bertz CT molecular complexity index is 1380. The van der Waals surface area contributed by atoms with Crippen molar-refractivity contribution in [2.24, 2.45) is 0 Å². The average molecular weight is 505 g/mol. The number of halogens is 1. The van der Waals surface area contributed by atoms with Crippen LogP contribution in [-0.4, -0.2) is 28.9 Å². The molecule has 1 heterocycles. The Morgan fingerprint density at radius 2 is 1.67 bits per heavy atom. The SMILES string of the molecule is CCOC(=O)N(c1ccccc1Cl)c1c(-c2ccc(Cc3ccccc3CC(=O)O)cc2)noc1C. The third kappa shape index (κ3) is 5.42. The summed E-state index contributed by atoms with van der Waals surface area (Å²) in [6.07, 6.45) is -0.0327. The Morgan fingerprint density at radius 1 is 1.00 bits per heavy atom. The fraction of sp³-hybridized carbons (Fsp3) is 0.179. The van der Waals surface area contributed by atoms with Gasteiger partial charge in [0.1, 0.15) is 11.4 Å². The van der Waals surface area contributed by atoms with Crippen LogP contribution in [0.5, 0.6) is 0 Å². The number of hydrogen-bond donors (Lipinski definition) is 1. The van der Waals surface area contributed by atoms with E-state index in [1.807, 2.05) is 48.5 Å². The maximum absolute atomic E-state index is 13.0. The van der Waals surface area contributed by atoms with Crippen LogP contribution in [0.2, 0.25) is 5.02 Å². The quantitative estimate of drug-likeness (QED) is 0.283. The first kappa shape index (κ1) is 25.0. The van der Waals surface area contributed by atoms with Gasteiger partial charge in [-0.15, -0.1) is 0 Å². The largest absolute Gasteiger partial charge is 0.481 e. The minimum absolute atomic E-state index is 0.0262. The number of ether oxygens (including phenoxy) is 1. The van der Waals surface area contributed by atoms with Crippen LogP contribution in [-0.2, 0) is 22.4 Å². The zero-order valence-electron chi connectivity index (χ0n) is 19.9. The summed E-state index contributed by atoms with van der Waals surface area (Å²) in [5.74, 6) is -0.430. The number of aliphatic carboxylic acids is 1. The summed E-state index contributed by atoms with van der Waals surface area (Å²) in [5.41, 5.74) is 4.86. The molecule has 3 aromatic carbocycles. The average Bonchev–Trinajstić information content (AvgIpc) is 3.23. The number of carboxylic acid groups (broad SMARTS) is 1. The lowest BCUT2D eigenvalue weighted by atomic mass is 9.97. The Labute approximate surface area is 213 Å².